The fourth-order valence-electron chi connectivity index (χ4n) is 2.30. The largest absolute Gasteiger partial charge is 0.388 e. The summed E-state index contributed by atoms with van der Waals surface area (Å²) in [5, 5.41) is 6.13. The highest BCUT2D eigenvalue weighted by Crippen LogP contribution is 2.23. The molecule has 2 nitrogen and oxygen atoms in total. The van der Waals surface area contributed by atoms with Crippen molar-refractivity contribution < 1.29 is 0 Å². The zero-order valence-corrected chi connectivity index (χ0v) is 7.46. The second-order valence-electron chi connectivity index (χ2n) is 3.73. The third kappa shape index (κ3) is 0.981. The van der Waals surface area contributed by atoms with Crippen molar-refractivity contribution >= 4 is 11.8 Å². The van der Waals surface area contributed by atoms with E-state index in [2.05, 4.69) is 22.4 Å². The molecule has 2 heteroatoms. The standard InChI is InChI=1S/C11H12N2/c1-2-9-4-6-13-11(9)10-7-12-5-3-8(1)10/h1,3,5,7,9,13H,2,4,6H2. The second-order valence-corrected chi connectivity index (χ2v) is 3.73. The summed E-state index contributed by atoms with van der Waals surface area (Å²) in [6, 6.07) is 2.10. The van der Waals surface area contributed by atoms with E-state index in [-0.39, 0.29) is 0 Å². The van der Waals surface area contributed by atoms with Crippen LogP contribution in [0.25, 0.3) is 11.8 Å². The molecule has 0 spiro atoms. The van der Waals surface area contributed by atoms with Crippen LogP contribution in [0.4, 0.5) is 0 Å². The lowest BCUT2D eigenvalue weighted by atomic mass is 9.95. The van der Waals surface area contributed by atoms with Crippen LogP contribution in [-0.2, 0) is 0 Å². The van der Waals surface area contributed by atoms with Gasteiger partial charge in [0.15, 0.2) is 0 Å². The number of nitrogens with one attached hydrogen (secondary N) is 1. The van der Waals surface area contributed by atoms with Gasteiger partial charge in [0.25, 0.3) is 0 Å². The third-order valence-electron chi connectivity index (χ3n) is 2.98. The lowest BCUT2D eigenvalue weighted by Crippen LogP contribution is -2.34. The fourth-order valence-corrected chi connectivity index (χ4v) is 2.30. The number of hydrogen-bond donors (Lipinski definition) is 1. The van der Waals surface area contributed by atoms with Crippen LogP contribution in [-0.4, -0.2) is 11.5 Å². The van der Waals surface area contributed by atoms with E-state index in [9.17, 15) is 0 Å². The number of aromatic nitrogens is 1. The van der Waals surface area contributed by atoms with Gasteiger partial charge in [-0.2, -0.15) is 0 Å². The smallest absolute Gasteiger partial charge is 0.0363 e. The van der Waals surface area contributed by atoms with E-state index in [1.54, 1.807) is 0 Å². The normalized spacial score (nSPS) is 24.3. The first-order valence-corrected chi connectivity index (χ1v) is 4.83. The Morgan fingerprint density at radius 3 is 3.46 bits per heavy atom. The maximum atomic E-state index is 4.18. The number of rotatable bonds is 0. The molecule has 1 aromatic heterocycles. The lowest BCUT2D eigenvalue weighted by Gasteiger charge is -2.13. The summed E-state index contributed by atoms with van der Waals surface area (Å²) in [4.78, 5) is 4.18. The lowest BCUT2D eigenvalue weighted by molar-refractivity contribution is 0.695. The predicted molar refractivity (Wildman–Crippen MR) is 52.1 cm³/mol. The van der Waals surface area contributed by atoms with Crippen LogP contribution in [0.1, 0.15) is 12.8 Å². The van der Waals surface area contributed by atoms with Crippen LogP contribution in [0.3, 0.4) is 0 Å². The third-order valence-corrected chi connectivity index (χ3v) is 2.98. The van der Waals surface area contributed by atoms with Crippen molar-refractivity contribution in [1.82, 2.24) is 10.3 Å². The van der Waals surface area contributed by atoms with Gasteiger partial charge in [-0.1, -0.05) is 6.08 Å². The highest BCUT2D eigenvalue weighted by molar-refractivity contribution is 5.53. The minimum Gasteiger partial charge on any atom is -0.388 e. The topological polar surface area (TPSA) is 24.9 Å². The summed E-state index contributed by atoms with van der Waals surface area (Å²) in [6.07, 6.45) is 8.65. The van der Waals surface area contributed by atoms with Crippen molar-refractivity contribution in [2.75, 3.05) is 6.54 Å². The van der Waals surface area contributed by atoms with E-state index >= 15 is 0 Å². The van der Waals surface area contributed by atoms with Crippen molar-refractivity contribution in [3.05, 3.63) is 28.9 Å². The average Bonchev–Trinajstić information content (AvgIpc) is 2.65. The highest BCUT2D eigenvalue weighted by atomic mass is 14.9. The van der Waals surface area contributed by atoms with Crippen LogP contribution in [0.15, 0.2) is 18.5 Å². The zero-order valence-electron chi connectivity index (χ0n) is 7.46. The van der Waals surface area contributed by atoms with Gasteiger partial charge in [0.2, 0.25) is 0 Å². The maximum Gasteiger partial charge on any atom is 0.0363 e. The van der Waals surface area contributed by atoms with E-state index < -0.39 is 0 Å². The zero-order chi connectivity index (χ0) is 8.67. The summed E-state index contributed by atoms with van der Waals surface area (Å²) in [5.41, 5.74) is 1.42. The molecule has 0 amide bonds. The molecule has 1 aliphatic carbocycles. The molecule has 13 heavy (non-hydrogen) atoms. The second kappa shape index (κ2) is 2.59. The molecular weight excluding hydrogens is 160 g/mol. The van der Waals surface area contributed by atoms with Gasteiger partial charge in [0, 0.05) is 35.8 Å². The molecule has 1 fully saturated rings. The summed E-state index contributed by atoms with van der Waals surface area (Å²) in [5.74, 6) is 0.733. The molecule has 1 atom stereocenters. The van der Waals surface area contributed by atoms with Gasteiger partial charge >= 0.3 is 0 Å². The Morgan fingerprint density at radius 1 is 1.46 bits per heavy atom. The molecule has 1 saturated heterocycles. The van der Waals surface area contributed by atoms with E-state index in [0.29, 0.717) is 0 Å². The molecule has 1 N–H and O–H groups in total. The van der Waals surface area contributed by atoms with Crippen molar-refractivity contribution in [2.45, 2.75) is 12.8 Å². The number of fused-ring (bicyclic) bond motifs is 2. The van der Waals surface area contributed by atoms with Crippen molar-refractivity contribution in [1.29, 1.82) is 0 Å². The molecule has 0 bridgehead atoms. The monoisotopic (exact) mass is 172 g/mol. The molecule has 0 radical (unpaired) electrons. The molecule has 1 aromatic rings. The Hall–Kier alpha value is -1.31. The molecule has 2 heterocycles. The average molecular weight is 172 g/mol. The molecule has 1 unspecified atom stereocenters. The van der Waals surface area contributed by atoms with Crippen molar-refractivity contribution in [3.8, 4) is 0 Å². The minimum atomic E-state index is 0.733. The Balaban J connectivity index is 2.38. The predicted octanol–water partition coefficient (Wildman–Crippen LogP) is -0.0165. The number of pyridine rings is 1. The van der Waals surface area contributed by atoms with Gasteiger partial charge in [0.05, 0.1) is 0 Å². The first-order valence-electron chi connectivity index (χ1n) is 4.83. The van der Waals surface area contributed by atoms with Crippen LogP contribution in [0.5, 0.6) is 0 Å². The van der Waals surface area contributed by atoms with E-state index in [4.69, 9.17) is 0 Å². The Kier molecular flexibility index (Phi) is 1.42. The Morgan fingerprint density at radius 2 is 2.46 bits per heavy atom. The van der Waals surface area contributed by atoms with Gasteiger partial charge in [0.1, 0.15) is 0 Å². The minimum absolute atomic E-state index is 0.733. The fraction of sp³-hybridized carbons (Fsp3) is 0.364. The molecule has 66 valence electrons. The van der Waals surface area contributed by atoms with Gasteiger partial charge in [-0.3, -0.25) is 4.98 Å². The molecule has 2 aliphatic rings. The molecule has 0 aromatic carbocycles. The van der Waals surface area contributed by atoms with E-state index in [1.165, 1.54) is 29.0 Å². The maximum absolute atomic E-state index is 4.18. The van der Waals surface area contributed by atoms with Gasteiger partial charge in [-0.25, -0.2) is 0 Å². The summed E-state index contributed by atoms with van der Waals surface area (Å²) < 4.78 is 0. The molecule has 3 rings (SSSR count). The van der Waals surface area contributed by atoms with Gasteiger partial charge in [-0.05, 0) is 24.1 Å². The first-order chi connectivity index (χ1) is 6.45. The molecule has 1 aliphatic heterocycles. The van der Waals surface area contributed by atoms with Crippen LogP contribution in [0.2, 0.25) is 0 Å². The van der Waals surface area contributed by atoms with Crippen LogP contribution >= 0.6 is 0 Å². The number of nitrogens with zero attached hydrogens (tertiary/aromatic N) is 1. The van der Waals surface area contributed by atoms with Gasteiger partial charge < -0.3 is 5.32 Å². The summed E-state index contributed by atoms with van der Waals surface area (Å²) >= 11 is 0. The highest BCUT2D eigenvalue weighted by Gasteiger charge is 2.22. The SMILES string of the molecule is C1=c2ccncc2=C2NCCC2C1. The summed E-state index contributed by atoms with van der Waals surface area (Å²) in [6.45, 7) is 1.13. The van der Waals surface area contributed by atoms with Gasteiger partial charge in [-0.15, -0.1) is 0 Å². The Bertz CT molecular complexity index is 447. The van der Waals surface area contributed by atoms with Crippen molar-refractivity contribution in [2.24, 2.45) is 5.92 Å². The molecule has 0 saturated carbocycles. The van der Waals surface area contributed by atoms with Crippen LogP contribution in [0, 0.1) is 5.92 Å². The summed E-state index contributed by atoms with van der Waals surface area (Å²) in [7, 11) is 0. The Labute approximate surface area is 77.0 Å². The number of hydrogen-bond acceptors (Lipinski definition) is 2. The van der Waals surface area contributed by atoms with E-state index in [1.807, 2.05) is 12.4 Å². The first kappa shape index (κ1) is 7.13. The quantitative estimate of drug-likeness (QED) is 0.595. The van der Waals surface area contributed by atoms with E-state index in [0.717, 1.165) is 12.5 Å². The molecular formula is C11H12N2. The van der Waals surface area contributed by atoms with Crippen LogP contribution < -0.4 is 15.8 Å². The van der Waals surface area contributed by atoms with Crippen molar-refractivity contribution in [3.63, 3.8) is 0 Å².